The van der Waals surface area contributed by atoms with Gasteiger partial charge < -0.3 is 4.74 Å². The first kappa shape index (κ1) is 8.50. The smallest absolute Gasteiger partial charge is 0.118 e. The Hall–Kier alpha value is 0.400. The Bertz CT molecular complexity index is 140. The second kappa shape index (κ2) is 3.69. The van der Waals surface area contributed by atoms with E-state index in [-0.39, 0.29) is 11.4 Å². The fourth-order valence-corrected chi connectivity index (χ4v) is 2.31. The van der Waals surface area contributed by atoms with Crippen molar-refractivity contribution in [2.75, 3.05) is 6.61 Å². The summed E-state index contributed by atoms with van der Waals surface area (Å²) >= 11 is 0. The minimum absolute atomic E-state index is 0.144. The van der Waals surface area contributed by atoms with Gasteiger partial charge in [0.05, 0.1) is 11.4 Å². The van der Waals surface area contributed by atoms with Gasteiger partial charge >= 0.3 is 0 Å². The molecule has 0 aromatic rings. The van der Waals surface area contributed by atoms with Crippen molar-refractivity contribution in [3.8, 4) is 0 Å². The Kier molecular flexibility index (Phi) is 3.14. The SMILES string of the molecule is CC1CC(S(=O)Cl)CCO1. The molecule has 0 aromatic heterocycles. The summed E-state index contributed by atoms with van der Waals surface area (Å²) in [6.07, 6.45) is 1.89. The first-order valence-electron chi connectivity index (χ1n) is 3.38. The third-order valence-corrected chi connectivity index (χ3v) is 3.41. The van der Waals surface area contributed by atoms with Crippen LogP contribution in [0.15, 0.2) is 0 Å². The molecule has 1 fully saturated rings. The Labute approximate surface area is 67.9 Å². The molecule has 60 valence electrons. The van der Waals surface area contributed by atoms with Gasteiger partial charge in [-0.3, -0.25) is 0 Å². The van der Waals surface area contributed by atoms with E-state index in [0.29, 0.717) is 6.61 Å². The number of hydrogen-bond acceptors (Lipinski definition) is 2. The first-order valence-corrected chi connectivity index (χ1v) is 5.42. The molecular formula is C6H11ClO2S. The van der Waals surface area contributed by atoms with Crippen LogP contribution in [0.4, 0.5) is 0 Å². The van der Waals surface area contributed by atoms with Crippen molar-refractivity contribution in [3.63, 3.8) is 0 Å². The van der Waals surface area contributed by atoms with Crippen molar-refractivity contribution in [2.45, 2.75) is 31.1 Å². The highest BCUT2D eigenvalue weighted by molar-refractivity contribution is 8.08. The molecule has 1 rings (SSSR count). The molecule has 4 heteroatoms. The zero-order valence-electron chi connectivity index (χ0n) is 5.88. The molecule has 1 aliphatic heterocycles. The van der Waals surface area contributed by atoms with Gasteiger partial charge in [-0.2, -0.15) is 0 Å². The van der Waals surface area contributed by atoms with E-state index in [1.54, 1.807) is 0 Å². The summed E-state index contributed by atoms with van der Waals surface area (Å²) < 4.78 is 16.0. The highest BCUT2D eigenvalue weighted by Crippen LogP contribution is 2.19. The highest BCUT2D eigenvalue weighted by atomic mass is 35.7. The van der Waals surface area contributed by atoms with Crippen molar-refractivity contribution < 1.29 is 8.95 Å². The van der Waals surface area contributed by atoms with Crippen molar-refractivity contribution >= 4 is 20.7 Å². The standard InChI is InChI=1S/C6H11ClO2S/c1-5-4-6(10(7)8)2-3-9-5/h5-6H,2-4H2,1H3. The molecule has 1 saturated heterocycles. The minimum Gasteiger partial charge on any atom is -0.378 e. The molecule has 0 saturated carbocycles. The molecule has 0 radical (unpaired) electrons. The molecule has 10 heavy (non-hydrogen) atoms. The predicted octanol–water partition coefficient (Wildman–Crippen LogP) is 1.46. The van der Waals surface area contributed by atoms with Crippen LogP contribution in [0.1, 0.15) is 19.8 Å². The summed E-state index contributed by atoms with van der Waals surface area (Å²) in [6, 6.07) is 0. The van der Waals surface area contributed by atoms with Gasteiger partial charge in [0.15, 0.2) is 0 Å². The van der Waals surface area contributed by atoms with Crippen LogP contribution in [0, 0.1) is 0 Å². The van der Waals surface area contributed by atoms with Crippen LogP contribution in [0.5, 0.6) is 0 Å². The van der Waals surface area contributed by atoms with Gasteiger partial charge in [0.1, 0.15) is 10.0 Å². The van der Waals surface area contributed by atoms with Gasteiger partial charge in [-0.1, -0.05) is 0 Å². The van der Waals surface area contributed by atoms with Gasteiger partial charge in [-0.15, -0.1) is 0 Å². The summed E-state index contributed by atoms with van der Waals surface area (Å²) in [5.41, 5.74) is 0. The monoisotopic (exact) mass is 182 g/mol. The second-order valence-corrected chi connectivity index (χ2v) is 4.65. The largest absolute Gasteiger partial charge is 0.378 e. The molecule has 0 N–H and O–H groups in total. The minimum atomic E-state index is -1.18. The molecule has 2 nitrogen and oxygen atoms in total. The Balaban J connectivity index is 2.39. The van der Waals surface area contributed by atoms with Crippen LogP contribution in [-0.4, -0.2) is 22.2 Å². The van der Waals surface area contributed by atoms with Crippen LogP contribution >= 0.6 is 10.7 Å². The third-order valence-electron chi connectivity index (χ3n) is 1.70. The fraction of sp³-hybridized carbons (Fsp3) is 1.00. The van der Waals surface area contributed by atoms with E-state index < -0.39 is 10.0 Å². The summed E-state index contributed by atoms with van der Waals surface area (Å²) in [4.78, 5) is 0. The Morgan fingerprint density at radius 1 is 1.70 bits per heavy atom. The molecule has 0 amide bonds. The lowest BCUT2D eigenvalue weighted by molar-refractivity contribution is 0.0310. The molecule has 3 unspecified atom stereocenters. The summed E-state index contributed by atoms with van der Waals surface area (Å²) in [5, 5.41) is 0.144. The van der Waals surface area contributed by atoms with Gasteiger partial charge in [0, 0.05) is 6.61 Å². The van der Waals surface area contributed by atoms with Crippen molar-refractivity contribution in [1.29, 1.82) is 0 Å². The number of hydrogen-bond donors (Lipinski definition) is 0. The van der Waals surface area contributed by atoms with Crippen LogP contribution in [0.25, 0.3) is 0 Å². The molecule has 1 aliphatic rings. The summed E-state index contributed by atoms with van der Waals surface area (Å²) in [7, 11) is 4.26. The molecule has 3 atom stereocenters. The lowest BCUT2D eigenvalue weighted by Gasteiger charge is -2.24. The predicted molar refractivity (Wildman–Crippen MR) is 42.4 cm³/mol. The highest BCUT2D eigenvalue weighted by Gasteiger charge is 2.22. The number of halogens is 1. The second-order valence-electron chi connectivity index (χ2n) is 2.58. The van der Waals surface area contributed by atoms with Crippen LogP contribution in [0.2, 0.25) is 0 Å². The lowest BCUT2D eigenvalue weighted by Crippen LogP contribution is -2.28. The van der Waals surface area contributed by atoms with E-state index in [1.165, 1.54) is 0 Å². The molecule has 0 aromatic carbocycles. The summed E-state index contributed by atoms with van der Waals surface area (Å²) in [6.45, 7) is 2.68. The van der Waals surface area contributed by atoms with Gasteiger partial charge in [-0.05, 0) is 30.4 Å². The normalized spacial score (nSPS) is 37.4. The molecule has 0 bridgehead atoms. The van der Waals surface area contributed by atoms with E-state index in [9.17, 15) is 4.21 Å². The van der Waals surface area contributed by atoms with Crippen molar-refractivity contribution in [3.05, 3.63) is 0 Å². The van der Waals surface area contributed by atoms with Crippen molar-refractivity contribution in [1.82, 2.24) is 0 Å². The number of ether oxygens (including phenoxy) is 1. The van der Waals surface area contributed by atoms with E-state index >= 15 is 0 Å². The molecule has 0 aliphatic carbocycles. The van der Waals surface area contributed by atoms with Gasteiger partial charge in [0.25, 0.3) is 0 Å². The number of rotatable bonds is 1. The average Bonchev–Trinajstić information content (AvgIpc) is 1.88. The van der Waals surface area contributed by atoms with Gasteiger partial charge in [0.2, 0.25) is 0 Å². The maximum atomic E-state index is 10.8. The topological polar surface area (TPSA) is 26.3 Å². The summed E-state index contributed by atoms with van der Waals surface area (Å²) in [5.74, 6) is 0. The van der Waals surface area contributed by atoms with E-state index in [0.717, 1.165) is 12.8 Å². The zero-order valence-corrected chi connectivity index (χ0v) is 7.45. The molecular weight excluding hydrogens is 172 g/mol. The quantitative estimate of drug-likeness (QED) is 0.574. The van der Waals surface area contributed by atoms with Crippen LogP contribution in [0.3, 0.4) is 0 Å². The van der Waals surface area contributed by atoms with Crippen molar-refractivity contribution in [2.24, 2.45) is 0 Å². The molecule has 0 spiro atoms. The third kappa shape index (κ3) is 2.22. The first-order chi connectivity index (χ1) is 4.70. The van der Waals surface area contributed by atoms with Crippen LogP contribution < -0.4 is 0 Å². The maximum Gasteiger partial charge on any atom is 0.118 e. The lowest BCUT2D eigenvalue weighted by atomic mass is 10.1. The van der Waals surface area contributed by atoms with Crippen LogP contribution in [-0.2, 0) is 14.7 Å². The van der Waals surface area contributed by atoms with E-state index in [4.69, 9.17) is 15.4 Å². The maximum absolute atomic E-state index is 10.8. The fourth-order valence-electron chi connectivity index (χ4n) is 1.13. The average molecular weight is 183 g/mol. The Morgan fingerprint density at radius 2 is 2.40 bits per heavy atom. The zero-order chi connectivity index (χ0) is 7.56. The molecule has 1 heterocycles. The van der Waals surface area contributed by atoms with Gasteiger partial charge in [-0.25, -0.2) is 4.21 Å². The van der Waals surface area contributed by atoms with E-state index in [1.807, 2.05) is 6.92 Å². The Morgan fingerprint density at radius 3 is 2.80 bits per heavy atom. The van der Waals surface area contributed by atoms with E-state index in [2.05, 4.69) is 0 Å².